The normalized spacial score (nSPS) is 13.0. The Balaban J connectivity index is 2.92. The summed E-state index contributed by atoms with van der Waals surface area (Å²) in [5.41, 5.74) is 6.91. The molecule has 11 nitrogen and oxygen atoms in total. The number of carbonyl (C=O) groups excluding carboxylic acids is 4. The lowest BCUT2D eigenvalue weighted by Gasteiger charge is -2.24. The number of hydrogen-bond acceptors (Lipinski definition) is 7. The van der Waals surface area contributed by atoms with Gasteiger partial charge in [-0.2, -0.15) is 0 Å². The fourth-order valence-electron chi connectivity index (χ4n) is 2.31. The number of benzene rings is 1. The van der Waals surface area contributed by atoms with Gasteiger partial charge in [-0.3, -0.25) is 19.8 Å². The number of hydrogen-bond donors (Lipinski definition) is 6. The maximum Gasteiger partial charge on any atom is 0.408 e. The Kier molecular flexibility index (Phi) is 8.39. The Labute approximate surface area is 168 Å². The average Bonchev–Trinajstić information content (AvgIpc) is 2.59. The zero-order chi connectivity index (χ0) is 22.2. The fraction of sp³-hybridized carbons (Fsp3) is 0.444. The van der Waals surface area contributed by atoms with Crippen LogP contribution in [0.1, 0.15) is 32.8 Å². The third kappa shape index (κ3) is 8.93. The van der Waals surface area contributed by atoms with Gasteiger partial charge in [-0.25, -0.2) is 10.6 Å². The highest BCUT2D eigenvalue weighted by molar-refractivity contribution is 5.93. The van der Waals surface area contributed by atoms with Gasteiger partial charge in [0.1, 0.15) is 23.4 Å². The van der Waals surface area contributed by atoms with Gasteiger partial charge >= 0.3 is 6.09 Å². The van der Waals surface area contributed by atoms with E-state index in [-0.39, 0.29) is 12.2 Å². The molecule has 0 saturated carbocycles. The first-order chi connectivity index (χ1) is 13.4. The number of alkyl carbamates (subject to hydrolysis) is 1. The molecule has 0 fully saturated rings. The number of hydrazine groups is 1. The number of nitrogens with two attached hydrogens (primary N) is 2. The number of primary amides is 1. The monoisotopic (exact) mass is 409 g/mol. The summed E-state index contributed by atoms with van der Waals surface area (Å²) in [5, 5.41) is 14.0. The summed E-state index contributed by atoms with van der Waals surface area (Å²) < 4.78 is 5.08. The number of amides is 4. The van der Waals surface area contributed by atoms with E-state index in [0.29, 0.717) is 5.56 Å². The second kappa shape index (κ2) is 10.3. The van der Waals surface area contributed by atoms with Gasteiger partial charge in [0.05, 0.1) is 6.42 Å². The largest absolute Gasteiger partial charge is 0.508 e. The van der Waals surface area contributed by atoms with Crippen LogP contribution in [-0.4, -0.2) is 46.6 Å². The lowest BCUT2D eigenvalue weighted by molar-refractivity contribution is -0.131. The molecule has 0 heterocycles. The van der Waals surface area contributed by atoms with E-state index in [9.17, 15) is 24.3 Å². The van der Waals surface area contributed by atoms with Crippen LogP contribution < -0.4 is 27.6 Å². The molecule has 0 aromatic heterocycles. The lowest BCUT2D eigenvalue weighted by Crippen LogP contribution is -2.56. The first kappa shape index (κ1) is 23.7. The van der Waals surface area contributed by atoms with E-state index in [2.05, 4.69) is 10.6 Å². The molecular formula is C18H27N5O6. The predicted octanol–water partition coefficient (Wildman–Crippen LogP) is -0.822. The second-order valence-electron chi connectivity index (χ2n) is 7.31. The van der Waals surface area contributed by atoms with Crippen molar-refractivity contribution in [2.45, 2.75) is 51.3 Å². The molecule has 1 aromatic rings. The van der Waals surface area contributed by atoms with Crippen LogP contribution in [-0.2, 0) is 25.5 Å². The molecule has 29 heavy (non-hydrogen) atoms. The summed E-state index contributed by atoms with van der Waals surface area (Å²) in [7, 11) is 0. The Morgan fingerprint density at radius 1 is 1.03 bits per heavy atom. The zero-order valence-electron chi connectivity index (χ0n) is 16.5. The van der Waals surface area contributed by atoms with E-state index in [1.54, 1.807) is 32.9 Å². The number of phenols is 1. The first-order valence-electron chi connectivity index (χ1n) is 8.78. The summed E-state index contributed by atoms with van der Waals surface area (Å²) >= 11 is 0. The van der Waals surface area contributed by atoms with Gasteiger partial charge in [0.15, 0.2) is 0 Å². The molecule has 160 valence electrons. The third-order valence-corrected chi connectivity index (χ3v) is 3.56. The predicted molar refractivity (Wildman–Crippen MR) is 103 cm³/mol. The van der Waals surface area contributed by atoms with Crippen LogP contribution in [0.25, 0.3) is 0 Å². The van der Waals surface area contributed by atoms with Gasteiger partial charge in [0.25, 0.3) is 5.91 Å². The van der Waals surface area contributed by atoms with Crippen molar-refractivity contribution < 1.29 is 29.0 Å². The zero-order valence-corrected chi connectivity index (χ0v) is 16.5. The molecule has 0 radical (unpaired) electrons. The van der Waals surface area contributed by atoms with Crippen LogP contribution in [0.15, 0.2) is 24.3 Å². The van der Waals surface area contributed by atoms with Gasteiger partial charge in [0, 0.05) is 6.42 Å². The summed E-state index contributed by atoms with van der Waals surface area (Å²) in [6.07, 6.45) is -1.37. The van der Waals surface area contributed by atoms with E-state index in [1.807, 2.05) is 5.43 Å². The van der Waals surface area contributed by atoms with Gasteiger partial charge in [-0.1, -0.05) is 12.1 Å². The van der Waals surface area contributed by atoms with E-state index in [0.717, 1.165) is 0 Å². The van der Waals surface area contributed by atoms with Crippen LogP contribution in [0.3, 0.4) is 0 Å². The molecule has 8 N–H and O–H groups in total. The van der Waals surface area contributed by atoms with Gasteiger partial charge < -0.3 is 26.2 Å². The minimum Gasteiger partial charge on any atom is -0.508 e. The Morgan fingerprint density at radius 3 is 2.10 bits per heavy atom. The summed E-state index contributed by atoms with van der Waals surface area (Å²) in [6, 6.07) is 3.53. The molecule has 0 saturated heterocycles. The maximum absolute atomic E-state index is 12.6. The number of ether oxygens (including phenoxy) is 1. The van der Waals surface area contributed by atoms with Crippen molar-refractivity contribution in [2.75, 3.05) is 0 Å². The number of carbonyl (C=O) groups is 4. The van der Waals surface area contributed by atoms with Crippen molar-refractivity contribution in [1.82, 2.24) is 16.1 Å². The molecule has 0 aliphatic carbocycles. The number of aromatic hydroxyl groups is 1. The molecule has 2 atom stereocenters. The van der Waals surface area contributed by atoms with Crippen LogP contribution in [0.5, 0.6) is 5.75 Å². The highest BCUT2D eigenvalue weighted by atomic mass is 16.6. The minimum absolute atomic E-state index is 0.0423. The van der Waals surface area contributed by atoms with Gasteiger partial charge in [0.2, 0.25) is 11.8 Å². The van der Waals surface area contributed by atoms with Crippen molar-refractivity contribution in [3.63, 3.8) is 0 Å². The lowest BCUT2D eigenvalue weighted by atomic mass is 10.0. The standard InChI is InChI=1S/C18H27N5O6/c1-18(2,3)29-17(28)22-13(9-14(19)25)15(26)21-12(16(27)23-20)8-10-4-6-11(24)7-5-10/h4-7,12-13,24H,8-9,20H2,1-3H3,(H2,19,25)(H,21,26)(H,22,28)(H,23,27)/t12-,13-/m0/s1. The molecule has 4 amide bonds. The Bertz CT molecular complexity index is 744. The van der Waals surface area contributed by atoms with Crippen molar-refractivity contribution in [3.05, 3.63) is 29.8 Å². The topological polar surface area (TPSA) is 186 Å². The van der Waals surface area contributed by atoms with E-state index in [4.69, 9.17) is 16.3 Å². The smallest absolute Gasteiger partial charge is 0.408 e. The molecular weight excluding hydrogens is 382 g/mol. The molecule has 0 unspecified atom stereocenters. The van der Waals surface area contributed by atoms with Gasteiger partial charge in [-0.05, 0) is 38.5 Å². The minimum atomic E-state index is -1.35. The van der Waals surface area contributed by atoms with Crippen molar-refractivity contribution in [2.24, 2.45) is 11.6 Å². The summed E-state index contributed by atoms with van der Waals surface area (Å²) in [5.74, 6) is 2.88. The Hall–Kier alpha value is -3.34. The van der Waals surface area contributed by atoms with Crippen LogP contribution in [0, 0.1) is 0 Å². The maximum atomic E-state index is 12.6. The molecule has 0 aliphatic rings. The quantitative estimate of drug-likeness (QED) is 0.184. The molecule has 0 bridgehead atoms. The van der Waals surface area contributed by atoms with E-state index >= 15 is 0 Å². The molecule has 1 rings (SSSR count). The second-order valence-corrected chi connectivity index (χ2v) is 7.31. The highest BCUT2D eigenvalue weighted by Gasteiger charge is 2.29. The van der Waals surface area contributed by atoms with Crippen molar-refractivity contribution in [1.29, 1.82) is 0 Å². The van der Waals surface area contributed by atoms with Crippen molar-refractivity contribution in [3.8, 4) is 5.75 Å². The molecule has 0 aliphatic heterocycles. The first-order valence-corrected chi connectivity index (χ1v) is 8.78. The van der Waals surface area contributed by atoms with E-state index in [1.165, 1.54) is 12.1 Å². The fourth-order valence-corrected chi connectivity index (χ4v) is 2.31. The number of nitrogens with one attached hydrogen (secondary N) is 3. The average molecular weight is 409 g/mol. The Morgan fingerprint density at radius 2 is 1.62 bits per heavy atom. The third-order valence-electron chi connectivity index (χ3n) is 3.56. The number of phenolic OH excluding ortho intramolecular Hbond substituents is 1. The van der Waals surface area contributed by atoms with Crippen LogP contribution >= 0.6 is 0 Å². The van der Waals surface area contributed by atoms with Crippen LogP contribution in [0.2, 0.25) is 0 Å². The molecule has 0 spiro atoms. The number of rotatable bonds is 8. The highest BCUT2D eigenvalue weighted by Crippen LogP contribution is 2.12. The van der Waals surface area contributed by atoms with Gasteiger partial charge in [-0.15, -0.1) is 0 Å². The summed E-state index contributed by atoms with van der Waals surface area (Å²) in [6.45, 7) is 4.90. The van der Waals surface area contributed by atoms with E-state index < -0.39 is 47.9 Å². The SMILES string of the molecule is CC(C)(C)OC(=O)N[C@@H](CC(N)=O)C(=O)N[C@@H](Cc1ccc(O)cc1)C(=O)NN. The van der Waals surface area contributed by atoms with Crippen LogP contribution in [0.4, 0.5) is 4.79 Å². The van der Waals surface area contributed by atoms with Crippen molar-refractivity contribution >= 4 is 23.8 Å². The molecule has 11 heteroatoms. The summed E-state index contributed by atoms with van der Waals surface area (Å²) in [4.78, 5) is 47.9. The molecule has 1 aromatic carbocycles.